The van der Waals surface area contributed by atoms with Crippen LogP contribution in [0.15, 0.2) is 101 Å². The maximum atomic E-state index is 13.6. The van der Waals surface area contributed by atoms with Gasteiger partial charge in [-0.1, -0.05) is 17.7 Å². The van der Waals surface area contributed by atoms with Gasteiger partial charge < -0.3 is 15.8 Å². The van der Waals surface area contributed by atoms with Gasteiger partial charge in [0, 0.05) is 53.1 Å². The van der Waals surface area contributed by atoms with Crippen molar-refractivity contribution in [3.63, 3.8) is 0 Å². The quantitative estimate of drug-likeness (QED) is 0.158. The first-order valence-electron chi connectivity index (χ1n) is 13.5. The number of nitrogens with one attached hydrogen (secondary N) is 2. The predicted octanol–water partition coefficient (Wildman–Crippen LogP) is 6.13. The summed E-state index contributed by atoms with van der Waals surface area (Å²) in [5.74, 6) is 0.100. The minimum atomic E-state index is -1.76. The van der Waals surface area contributed by atoms with Crippen LogP contribution in [-0.2, 0) is 11.0 Å². The van der Waals surface area contributed by atoms with Gasteiger partial charge in [-0.3, -0.25) is 24.5 Å². The normalized spacial score (nSPS) is 12.3. The zero-order chi connectivity index (χ0) is 31.1. The Hall–Kier alpha value is -5.13. The molecule has 44 heavy (non-hydrogen) atoms. The van der Waals surface area contributed by atoms with Crippen LogP contribution in [0.2, 0.25) is 5.02 Å². The number of hydrogen-bond donors (Lipinski definition) is 3. The Balaban J connectivity index is 1.39. The predicted molar refractivity (Wildman–Crippen MR) is 176 cm³/mol. The summed E-state index contributed by atoms with van der Waals surface area (Å²) in [5, 5.41) is 3.36. The number of benzene rings is 3. The van der Waals surface area contributed by atoms with Gasteiger partial charge in [-0.15, -0.1) is 0 Å². The van der Waals surface area contributed by atoms with Gasteiger partial charge in [0.25, 0.3) is 5.91 Å². The highest BCUT2D eigenvalue weighted by Gasteiger charge is 2.16. The molecule has 5 rings (SSSR count). The highest BCUT2D eigenvalue weighted by atomic mass is 35.5. The molecule has 5 aromatic rings. The van der Waals surface area contributed by atoms with Gasteiger partial charge in [0.05, 0.1) is 41.4 Å². The Kier molecular flexibility index (Phi) is 9.58. The SMILES string of the molecule is CCOc1ccc(NC(=O)c2ccc(Cl)cc2)cc1S(=O)Nc1cncc(-c2ccc3ncc(C(C=NC)=CN)nc3c2)c1. The molecule has 2 aromatic heterocycles. The second kappa shape index (κ2) is 13.9. The fourth-order valence-corrected chi connectivity index (χ4v) is 5.39. The Labute approximate surface area is 261 Å². The first-order valence-corrected chi connectivity index (χ1v) is 15.0. The minimum absolute atomic E-state index is 0.326. The smallest absolute Gasteiger partial charge is 0.255 e. The molecule has 4 N–H and O–H groups in total. The number of allylic oxidation sites excluding steroid dienone is 1. The highest BCUT2D eigenvalue weighted by Crippen LogP contribution is 2.29. The lowest BCUT2D eigenvalue weighted by atomic mass is 10.1. The van der Waals surface area contributed by atoms with Crippen molar-refractivity contribution in [2.24, 2.45) is 10.7 Å². The molecule has 0 fully saturated rings. The summed E-state index contributed by atoms with van der Waals surface area (Å²) in [5.41, 5.74) is 11.4. The summed E-state index contributed by atoms with van der Waals surface area (Å²) in [6.07, 6.45) is 8.00. The molecule has 10 nitrogen and oxygen atoms in total. The lowest BCUT2D eigenvalue weighted by Gasteiger charge is -2.14. The second-order valence-corrected chi connectivity index (χ2v) is 11.0. The van der Waals surface area contributed by atoms with Gasteiger partial charge in [0.1, 0.15) is 10.6 Å². The van der Waals surface area contributed by atoms with E-state index in [2.05, 4.69) is 25.0 Å². The number of ether oxygens (including phenoxy) is 1. The van der Waals surface area contributed by atoms with Crippen LogP contribution in [0.5, 0.6) is 5.75 Å². The molecular weight excluding hydrogens is 598 g/mol. The van der Waals surface area contributed by atoms with Gasteiger partial charge >= 0.3 is 0 Å². The Morgan fingerprint density at radius 1 is 1.00 bits per heavy atom. The van der Waals surface area contributed by atoms with Crippen LogP contribution in [0.25, 0.3) is 27.7 Å². The van der Waals surface area contributed by atoms with E-state index in [4.69, 9.17) is 27.1 Å². The van der Waals surface area contributed by atoms with E-state index in [1.54, 1.807) is 74.3 Å². The van der Waals surface area contributed by atoms with E-state index in [0.717, 1.165) is 16.6 Å². The first kappa shape index (κ1) is 30.3. The third-order valence-electron chi connectivity index (χ3n) is 6.38. The molecule has 0 saturated heterocycles. The van der Waals surface area contributed by atoms with Crippen molar-refractivity contribution in [2.75, 3.05) is 23.7 Å². The molecule has 0 aliphatic rings. The summed E-state index contributed by atoms with van der Waals surface area (Å²) in [6, 6.07) is 19.1. The number of aliphatic imine (C=N–C) groups is 1. The minimum Gasteiger partial charge on any atom is -0.493 e. The molecule has 2 heterocycles. The van der Waals surface area contributed by atoms with Crippen LogP contribution < -0.4 is 20.5 Å². The van der Waals surface area contributed by atoms with Crippen LogP contribution >= 0.6 is 11.6 Å². The van der Waals surface area contributed by atoms with Crippen LogP contribution in [-0.4, -0.2) is 44.9 Å². The zero-order valence-corrected chi connectivity index (χ0v) is 25.4. The monoisotopic (exact) mass is 625 g/mol. The third-order valence-corrected chi connectivity index (χ3v) is 7.77. The molecule has 1 amide bonds. The largest absolute Gasteiger partial charge is 0.493 e. The van der Waals surface area contributed by atoms with Crippen molar-refractivity contribution in [1.82, 2.24) is 15.0 Å². The van der Waals surface area contributed by atoms with Gasteiger partial charge in [-0.2, -0.15) is 0 Å². The number of halogens is 1. The van der Waals surface area contributed by atoms with Crippen LogP contribution in [0.1, 0.15) is 23.0 Å². The van der Waals surface area contributed by atoms with Gasteiger partial charge in [0.2, 0.25) is 0 Å². The fraction of sp³-hybridized carbons (Fsp3) is 0.0938. The van der Waals surface area contributed by atoms with E-state index in [-0.39, 0.29) is 5.91 Å². The molecule has 0 aliphatic carbocycles. The average Bonchev–Trinajstić information content (AvgIpc) is 3.04. The van der Waals surface area contributed by atoms with E-state index >= 15 is 0 Å². The van der Waals surface area contributed by atoms with Crippen molar-refractivity contribution in [2.45, 2.75) is 11.8 Å². The number of fused-ring (bicyclic) bond motifs is 1. The number of aromatic nitrogens is 3. The van der Waals surface area contributed by atoms with Crippen molar-refractivity contribution in [1.29, 1.82) is 0 Å². The molecular formula is C32H28ClN7O3S. The fourth-order valence-electron chi connectivity index (χ4n) is 4.29. The highest BCUT2D eigenvalue weighted by molar-refractivity contribution is 7.86. The number of nitrogens with two attached hydrogens (primary N) is 1. The topological polar surface area (TPSA) is 144 Å². The summed E-state index contributed by atoms with van der Waals surface area (Å²) >= 11 is 5.94. The Morgan fingerprint density at radius 2 is 1.82 bits per heavy atom. The summed E-state index contributed by atoms with van der Waals surface area (Å²) < 4.78 is 22.3. The molecule has 222 valence electrons. The lowest BCUT2D eigenvalue weighted by Crippen LogP contribution is -2.13. The van der Waals surface area contributed by atoms with E-state index in [1.165, 1.54) is 6.20 Å². The third kappa shape index (κ3) is 7.08. The van der Waals surface area contributed by atoms with E-state index < -0.39 is 11.0 Å². The lowest BCUT2D eigenvalue weighted by molar-refractivity contribution is 0.102. The molecule has 0 saturated carbocycles. The number of anilines is 2. The van der Waals surface area contributed by atoms with Crippen molar-refractivity contribution < 1.29 is 13.7 Å². The van der Waals surface area contributed by atoms with E-state index in [1.807, 2.05) is 31.2 Å². The maximum Gasteiger partial charge on any atom is 0.255 e. The number of carbonyl (C=O) groups excluding carboxylic acids is 1. The van der Waals surface area contributed by atoms with Gasteiger partial charge in [-0.25, -0.2) is 9.19 Å². The molecule has 0 bridgehead atoms. The number of nitrogens with zero attached hydrogens (tertiary/aromatic N) is 4. The maximum absolute atomic E-state index is 13.6. The number of carbonyl (C=O) groups is 1. The number of pyridine rings is 1. The van der Waals surface area contributed by atoms with E-state index in [0.29, 0.717) is 56.0 Å². The molecule has 3 aromatic carbocycles. The Bertz CT molecular complexity index is 1910. The van der Waals surface area contributed by atoms with E-state index in [9.17, 15) is 9.00 Å². The molecule has 1 unspecified atom stereocenters. The molecule has 0 spiro atoms. The molecule has 0 radical (unpaired) electrons. The number of amides is 1. The van der Waals surface area contributed by atoms with Crippen molar-refractivity contribution >= 4 is 62.7 Å². The van der Waals surface area contributed by atoms with Crippen molar-refractivity contribution in [3.8, 4) is 16.9 Å². The molecule has 12 heteroatoms. The van der Waals surface area contributed by atoms with Gasteiger partial charge in [0.15, 0.2) is 11.0 Å². The van der Waals surface area contributed by atoms with Crippen LogP contribution in [0, 0.1) is 0 Å². The van der Waals surface area contributed by atoms with Gasteiger partial charge in [-0.05, 0) is 73.2 Å². The van der Waals surface area contributed by atoms with Crippen LogP contribution in [0.3, 0.4) is 0 Å². The van der Waals surface area contributed by atoms with Crippen LogP contribution in [0.4, 0.5) is 11.4 Å². The molecule has 0 aliphatic heterocycles. The summed E-state index contributed by atoms with van der Waals surface area (Å²) in [7, 11) is -0.0962. The number of hydrogen-bond acceptors (Lipinski definition) is 8. The standard InChI is InChI=1S/C32H28ClN7O3S/c1-3-43-30-11-9-25(38-32(41)20-4-7-24(33)8-5-20)14-31(30)44(42)40-26-12-22(17-36-18-26)21-6-10-27-28(13-21)39-29(19-37-27)23(15-34)16-35-2/h4-19,40H,3,34H2,1-2H3,(H,38,41). The Morgan fingerprint density at radius 3 is 2.57 bits per heavy atom. The van der Waals surface area contributed by atoms with Crippen molar-refractivity contribution in [3.05, 3.63) is 108 Å². The number of rotatable bonds is 10. The molecule has 1 atom stereocenters. The summed E-state index contributed by atoms with van der Waals surface area (Å²) in [6.45, 7) is 2.21. The second-order valence-electron chi connectivity index (χ2n) is 9.36. The first-order chi connectivity index (χ1) is 21.4. The summed E-state index contributed by atoms with van der Waals surface area (Å²) in [4.78, 5) is 30.7. The zero-order valence-electron chi connectivity index (χ0n) is 23.8. The average molecular weight is 626 g/mol.